The monoisotopic (exact) mass is 241 g/mol. The van der Waals surface area contributed by atoms with E-state index in [1.54, 1.807) is 0 Å². The summed E-state index contributed by atoms with van der Waals surface area (Å²) in [5.74, 6) is 5.69. The highest BCUT2D eigenvalue weighted by Crippen LogP contribution is 2.21. The van der Waals surface area contributed by atoms with Gasteiger partial charge in [-0.1, -0.05) is 29.8 Å². The topological polar surface area (TPSA) is 50.9 Å². The number of nitrogens with one attached hydrogen (secondary N) is 1. The number of hydrazine groups is 1. The molecule has 0 bridgehead atoms. The molecule has 1 atom stereocenters. The molecule has 0 amide bonds. The molecule has 0 saturated heterocycles. The molecule has 2 rings (SSSR count). The highest BCUT2D eigenvalue weighted by Gasteiger charge is 2.13. The number of hydrogen-bond donors (Lipinski definition) is 2. The van der Waals surface area contributed by atoms with Crippen LogP contribution in [0.15, 0.2) is 42.6 Å². The molecule has 1 heterocycles. The number of benzene rings is 1. The van der Waals surface area contributed by atoms with Crippen LogP contribution in [0.1, 0.15) is 28.4 Å². The minimum atomic E-state index is 0.0970. The average Bonchev–Trinajstić information content (AvgIpc) is 2.40. The maximum Gasteiger partial charge on any atom is 0.0518 e. The van der Waals surface area contributed by atoms with Crippen molar-refractivity contribution in [2.45, 2.75) is 26.3 Å². The van der Waals surface area contributed by atoms with Crippen LogP contribution in [0.25, 0.3) is 0 Å². The van der Waals surface area contributed by atoms with E-state index in [2.05, 4.69) is 42.5 Å². The minimum absolute atomic E-state index is 0.0970. The number of hydrogen-bond acceptors (Lipinski definition) is 3. The fourth-order valence-electron chi connectivity index (χ4n) is 2.12. The van der Waals surface area contributed by atoms with Gasteiger partial charge >= 0.3 is 0 Å². The summed E-state index contributed by atoms with van der Waals surface area (Å²) in [4.78, 5) is 4.35. The number of aromatic nitrogens is 1. The van der Waals surface area contributed by atoms with Crippen LogP contribution in [-0.4, -0.2) is 4.98 Å². The first-order chi connectivity index (χ1) is 8.70. The maximum atomic E-state index is 5.69. The molecule has 3 heteroatoms. The third kappa shape index (κ3) is 2.94. The zero-order chi connectivity index (χ0) is 13.0. The molecule has 1 aromatic carbocycles. The molecule has 1 aromatic heterocycles. The number of rotatable bonds is 4. The van der Waals surface area contributed by atoms with Crippen molar-refractivity contribution in [2.75, 3.05) is 0 Å². The van der Waals surface area contributed by atoms with E-state index in [9.17, 15) is 0 Å². The molecule has 2 aromatic rings. The van der Waals surface area contributed by atoms with E-state index in [0.717, 1.165) is 12.1 Å². The third-order valence-electron chi connectivity index (χ3n) is 3.15. The van der Waals surface area contributed by atoms with Gasteiger partial charge in [0.2, 0.25) is 0 Å². The Hall–Kier alpha value is -1.71. The van der Waals surface area contributed by atoms with Gasteiger partial charge in [0.25, 0.3) is 0 Å². The molecule has 3 nitrogen and oxygen atoms in total. The summed E-state index contributed by atoms with van der Waals surface area (Å²) >= 11 is 0. The predicted molar refractivity (Wildman–Crippen MR) is 73.9 cm³/mol. The number of pyridine rings is 1. The normalized spacial score (nSPS) is 12.4. The molecular formula is C15H19N3. The van der Waals surface area contributed by atoms with E-state index in [0.29, 0.717) is 0 Å². The maximum absolute atomic E-state index is 5.69. The third-order valence-corrected chi connectivity index (χ3v) is 3.15. The van der Waals surface area contributed by atoms with Crippen molar-refractivity contribution in [1.82, 2.24) is 10.4 Å². The largest absolute Gasteiger partial charge is 0.271 e. The Morgan fingerprint density at radius 2 is 2.06 bits per heavy atom. The fraction of sp³-hybridized carbons (Fsp3) is 0.267. The summed E-state index contributed by atoms with van der Waals surface area (Å²) in [5.41, 5.74) is 7.67. The highest BCUT2D eigenvalue weighted by molar-refractivity contribution is 5.33. The molecule has 3 N–H and O–H groups in total. The number of nitrogens with zero attached hydrogens (tertiary/aromatic N) is 1. The van der Waals surface area contributed by atoms with Gasteiger partial charge in [-0.15, -0.1) is 0 Å². The van der Waals surface area contributed by atoms with E-state index < -0.39 is 0 Å². The summed E-state index contributed by atoms with van der Waals surface area (Å²) in [7, 11) is 0. The van der Waals surface area contributed by atoms with Crippen LogP contribution >= 0.6 is 0 Å². The molecule has 1 unspecified atom stereocenters. The van der Waals surface area contributed by atoms with E-state index in [1.165, 1.54) is 16.7 Å². The van der Waals surface area contributed by atoms with Crippen LogP contribution in [0.5, 0.6) is 0 Å². The molecule has 0 aliphatic heterocycles. The Bertz CT molecular complexity index is 508. The van der Waals surface area contributed by atoms with Gasteiger partial charge in [-0.3, -0.25) is 16.3 Å². The van der Waals surface area contributed by atoms with Gasteiger partial charge in [-0.25, -0.2) is 0 Å². The van der Waals surface area contributed by atoms with Crippen molar-refractivity contribution in [2.24, 2.45) is 5.84 Å². The molecule has 18 heavy (non-hydrogen) atoms. The van der Waals surface area contributed by atoms with Crippen molar-refractivity contribution in [3.05, 3.63) is 65.0 Å². The zero-order valence-electron chi connectivity index (χ0n) is 10.9. The van der Waals surface area contributed by atoms with E-state index in [-0.39, 0.29) is 6.04 Å². The Labute approximate surface area is 108 Å². The molecule has 0 radical (unpaired) electrons. The van der Waals surface area contributed by atoms with Crippen LogP contribution in [0.4, 0.5) is 0 Å². The second-order valence-electron chi connectivity index (χ2n) is 4.60. The second kappa shape index (κ2) is 5.76. The lowest BCUT2D eigenvalue weighted by Crippen LogP contribution is -2.30. The summed E-state index contributed by atoms with van der Waals surface area (Å²) in [6, 6.07) is 12.5. The Balaban J connectivity index is 2.26. The Kier molecular flexibility index (Phi) is 4.07. The van der Waals surface area contributed by atoms with E-state index in [4.69, 9.17) is 5.84 Å². The molecule has 0 fully saturated rings. The lowest BCUT2D eigenvalue weighted by molar-refractivity contribution is 0.543. The first kappa shape index (κ1) is 12.7. The van der Waals surface area contributed by atoms with Gasteiger partial charge in [-0.2, -0.15) is 0 Å². The smallest absolute Gasteiger partial charge is 0.0518 e. The van der Waals surface area contributed by atoms with Crippen molar-refractivity contribution in [3.63, 3.8) is 0 Å². The van der Waals surface area contributed by atoms with Crippen molar-refractivity contribution >= 4 is 0 Å². The number of aryl methyl sites for hydroxylation is 2. The molecule has 0 aliphatic carbocycles. The summed E-state index contributed by atoms with van der Waals surface area (Å²) < 4.78 is 0. The van der Waals surface area contributed by atoms with Crippen LogP contribution in [0, 0.1) is 13.8 Å². The van der Waals surface area contributed by atoms with Crippen molar-refractivity contribution in [1.29, 1.82) is 0 Å². The lowest BCUT2D eigenvalue weighted by Gasteiger charge is -2.18. The van der Waals surface area contributed by atoms with Crippen molar-refractivity contribution < 1.29 is 0 Å². The van der Waals surface area contributed by atoms with Crippen molar-refractivity contribution in [3.8, 4) is 0 Å². The van der Waals surface area contributed by atoms with Crippen LogP contribution in [-0.2, 0) is 6.42 Å². The summed E-state index contributed by atoms with van der Waals surface area (Å²) in [6.07, 6.45) is 2.60. The Morgan fingerprint density at radius 3 is 2.72 bits per heavy atom. The first-order valence-corrected chi connectivity index (χ1v) is 6.14. The number of nitrogens with two attached hydrogens (primary N) is 1. The summed E-state index contributed by atoms with van der Waals surface area (Å²) in [6.45, 7) is 4.20. The predicted octanol–water partition coefficient (Wildman–Crippen LogP) is 2.45. The lowest BCUT2D eigenvalue weighted by atomic mass is 9.96. The zero-order valence-corrected chi connectivity index (χ0v) is 10.9. The van der Waals surface area contributed by atoms with Crippen LogP contribution in [0.2, 0.25) is 0 Å². The summed E-state index contributed by atoms with van der Waals surface area (Å²) in [5, 5.41) is 0. The molecule has 0 saturated carbocycles. The molecular weight excluding hydrogens is 222 g/mol. The molecule has 0 aliphatic rings. The van der Waals surface area contributed by atoms with Crippen LogP contribution < -0.4 is 11.3 Å². The van der Waals surface area contributed by atoms with Crippen LogP contribution in [0.3, 0.4) is 0 Å². The van der Waals surface area contributed by atoms with Gasteiger partial charge < -0.3 is 0 Å². The SMILES string of the molecule is Cc1ccc(C)c(C(Cc2ccccn2)NN)c1. The quantitative estimate of drug-likeness (QED) is 0.638. The Morgan fingerprint density at radius 1 is 1.22 bits per heavy atom. The average molecular weight is 241 g/mol. The molecule has 0 spiro atoms. The standard InChI is InChI=1S/C15H19N3/c1-11-6-7-12(2)14(9-11)15(18-16)10-13-5-3-4-8-17-13/h3-9,15,18H,10,16H2,1-2H3. The fourth-order valence-corrected chi connectivity index (χ4v) is 2.12. The van der Waals surface area contributed by atoms with Gasteiger partial charge in [0.05, 0.1) is 6.04 Å². The first-order valence-electron chi connectivity index (χ1n) is 6.14. The van der Waals surface area contributed by atoms with Gasteiger partial charge in [-0.05, 0) is 37.1 Å². The van der Waals surface area contributed by atoms with Gasteiger partial charge in [0.1, 0.15) is 0 Å². The molecule has 94 valence electrons. The second-order valence-corrected chi connectivity index (χ2v) is 4.60. The van der Waals surface area contributed by atoms with E-state index >= 15 is 0 Å². The van der Waals surface area contributed by atoms with Gasteiger partial charge in [0.15, 0.2) is 0 Å². The highest BCUT2D eigenvalue weighted by atomic mass is 15.2. The van der Waals surface area contributed by atoms with E-state index in [1.807, 2.05) is 24.4 Å². The minimum Gasteiger partial charge on any atom is -0.271 e. The van der Waals surface area contributed by atoms with Gasteiger partial charge in [0, 0.05) is 18.3 Å².